The van der Waals surface area contributed by atoms with E-state index in [2.05, 4.69) is 48.6 Å². The Kier molecular flexibility index (Phi) is 7.01. The molecular formula is C21H23Br2ClN2O. The molecule has 27 heavy (non-hydrogen) atoms. The van der Waals surface area contributed by atoms with Gasteiger partial charge in [-0.3, -0.25) is 4.79 Å². The van der Waals surface area contributed by atoms with Gasteiger partial charge in [-0.1, -0.05) is 62.5 Å². The largest absolute Gasteiger partial charge is 0.352 e. The minimum atomic E-state index is -0.196. The minimum Gasteiger partial charge on any atom is -0.352 e. The highest BCUT2D eigenvalue weighted by Gasteiger charge is 2.42. The summed E-state index contributed by atoms with van der Waals surface area (Å²) in [4.78, 5) is 13.1. The van der Waals surface area contributed by atoms with E-state index in [-0.39, 0.29) is 17.2 Å². The second-order valence-corrected chi connectivity index (χ2v) is 9.40. The highest BCUT2D eigenvalue weighted by molar-refractivity contribution is 9.11. The number of carbonyl (C=O) groups is 1. The Bertz CT molecular complexity index is 801. The average molecular weight is 515 g/mol. The number of rotatable bonds is 5. The van der Waals surface area contributed by atoms with Crippen molar-refractivity contribution >= 4 is 49.4 Å². The molecule has 0 bridgehead atoms. The van der Waals surface area contributed by atoms with Crippen LogP contribution < -0.4 is 10.6 Å². The summed E-state index contributed by atoms with van der Waals surface area (Å²) in [6, 6.07) is 14.0. The van der Waals surface area contributed by atoms with Crippen molar-refractivity contribution in [3.63, 3.8) is 0 Å². The van der Waals surface area contributed by atoms with Gasteiger partial charge in [-0.15, -0.1) is 0 Å². The molecule has 0 aliphatic carbocycles. The van der Waals surface area contributed by atoms with Gasteiger partial charge in [0.25, 0.3) is 0 Å². The molecule has 1 atom stereocenters. The lowest BCUT2D eigenvalue weighted by molar-refractivity contribution is -0.127. The van der Waals surface area contributed by atoms with E-state index in [1.807, 2.05) is 43.3 Å². The third-order valence-corrected chi connectivity index (χ3v) is 6.66. The number of amides is 1. The molecule has 2 N–H and O–H groups in total. The molecule has 1 unspecified atom stereocenters. The smallest absolute Gasteiger partial charge is 0.223 e. The second kappa shape index (κ2) is 9.08. The topological polar surface area (TPSA) is 41.1 Å². The third-order valence-electron chi connectivity index (χ3n) is 5.51. The Morgan fingerprint density at radius 3 is 2.48 bits per heavy atom. The van der Waals surface area contributed by atoms with E-state index in [0.717, 1.165) is 51.0 Å². The summed E-state index contributed by atoms with van der Waals surface area (Å²) in [5, 5.41) is 7.26. The van der Waals surface area contributed by atoms with Gasteiger partial charge in [0.15, 0.2) is 0 Å². The summed E-state index contributed by atoms with van der Waals surface area (Å²) in [6.45, 7) is 4.36. The van der Waals surface area contributed by atoms with Gasteiger partial charge in [0.2, 0.25) is 5.91 Å². The molecule has 144 valence electrons. The fraction of sp³-hybridized carbons (Fsp3) is 0.381. The predicted octanol–water partition coefficient (Wildman–Crippen LogP) is 5.44. The van der Waals surface area contributed by atoms with Crippen molar-refractivity contribution in [2.24, 2.45) is 5.92 Å². The van der Waals surface area contributed by atoms with Crippen molar-refractivity contribution in [2.45, 2.75) is 31.7 Å². The molecule has 0 spiro atoms. The Labute approximate surface area is 182 Å². The maximum Gasteiger partial charge on any atom is 0.223 e. The molecule has 1 amide bonds. The maximum absolute atomic E-state index is 13.1. The van der Waals surface area contributed by atoms with Crippen LogP contribution in [0.1, 0.15) is 30.9 Å². The van der Waals surface area contributed by atoms with Gasteiger partial charge in [0.1, 0.15) is 0 Å². The van der Waals surface area contributed by atoms with E-state index >= 15 is 0 Å². The molecule has 2 aromatic rings. The SMILES string of the molecule is CC(C(=O)NCc1cc(Br)cc(Br)c1)C1(c2cccc(Cl)c2)CCNCC1. The van der Waals surface area contributed by atoms with Crippen LogP contribution in [0.2, 0.25) is 5.02 Å². The van der Waals surface area contributed by atoms with Gasteiger partial charge < -0.3 is 10.6 Å². The van der Waals surface area contributed by atoms with Gasteiger partial charge in [-0.2, -0.15) is 0 Å². The van der Waals surface area contributed by atoms with E-state index in [1.54, 1.807) is 0 Å². The summed E-state index contributed by atoms with van der Waals surface area (Å²) in [5.41, 5.74) is 2.02. The fourth-order valence-electron chi connectivity index (χ4n) is 3.95. The predicted molar refractivity (Wildman–Crippen MR) is 118 cm³/mol. The molecule has 6 heteroatoms. The number of benzene rings is 2. The van der Waals surface area contributed by atoms with Crippen LogP contribution in [0.5, 0.6) is 0 Å². The van der Waals surface area contributed by atoms with Gasteiger partial charge >= 0.3 is 0 Å². The summed E-state index contributed by atoms with van der Waals surface area (Å²) >= 11 is 13.2. The van der Waals surface area contributed by atoms with Gasteiger partial charge in [-0.05, 0) is 67.4 Å². The van der Waals surface area contributed by atoms with Crippen LogP contribution in [0.3, 0.4) is 0 Å². The van der Waals surface area contributed by atoms with Crippen LogP contribution in [0, 0.1) is 5.92 Å². The first-order valence-electron chi connectivity index (χ1n) is 9.10. The van der Waals surface area contributed by atoms with Crippen LogP contribution in [0.25, 0.3) is 0 Å². The standard InChI is InChI=1S/C21H23Br2ClN2O/c1-14(20(27)26-13-15-9-17(22)12-18(23)10-15)21(5-7-25-8-6-21)16-3-2-4-19(24)11-16/h2-4,9-12,14,25H,5-8,13H2,1H3,(H,26,27). The first kappa shape index (κ1) is 20.8. The van der Waals surface area contributed by atoms with Crippen molar-refractivity contribution in [3.05, 3.63) is 67.6 Å². The molecule has 3 rings (SSSR count). The molecule has 0 aromatic heterocycles. The monoisotopic (exact) mass is 512 g/mol. The highest BCUT2D eigenvalue weighted by atomic mass is 79.9. The number of carbonyl (C=O) groups excluding carboxylic acids is 1. The molecule has 0 radical (unpaired) electrons. The van der Waals surface area contributed by atoms with Crippen molar-refractivity contribution in [2.75, 3.05) is 13.1 Å². The lowest BCUT2D eigenvalue weighted by atomic mass is 9.65. The molecule has 1 aliphatic heterocycles. The molecule has 2 aromatic carbocycles. The lowest BCUT2D eigenvalue weighted by Crippen LogP contribution is -2.49. The molecule has 1 aliphatic rings. The Morgan fingerprint density at radius 1 is 1.19 bits per heavy atom. The number of piperidine rings is 1. The number of halogens is 3. The maximum atomic E-state index is 13.1. The quantitative estimate of drug-likeness (QED) is 0.558. The van der Waals surface area contributed by atoms with Crippen molar-refractivity contribution in [1.29, 1.82) is 0 Å². The lowest BCUT2D eigenvalue weighted by Gasteiger charge is -2.42. The van der Waals surface area contributed by atoms with E-state index < -0.39 is 0 Å². The van der Waals surface area contributed by atoms with Crippen molar-refractivity contribution in [3.8, 4) is 0 Å². The van der Waals surface area contributed by atoms with Gasteiger partial charge in [-0.25, -0.2) is 0 Å². The van der Waals surface area contributed by atoms with Crippen LogP contribution >= 0.6 is 43.5 Å². The summed E-state index contributed by atoms with van der Waals surface area (Å²) in [5.74, 6) is -0.0679. The van der Waals surface area contributed by atoms with Crippen LogP contribution in [-0.2, 0) is 16.8 Å². The minimum absolute atomic E-state index is 0.0768. The Balaban J connectivity index is 1.79. The Hall–Kier alpha value is -0.880. The number of hydrogen-bond acceptors (Lipinski definition) is 2. The van der Waals surface area contributed by atoms with Crippen LogP contribution in [-0.4, -0.2) is 19.0 Å². The van der Waals surface area contributed by atoms with Crippen LogP contribution in [0.4, 0.5) is 0 Å². The van der Waals surface area contributed by atoms with Crippen molar-refractivity contribution in [1.82, 2.24) is 10.6 Å². The average Bonchev–Trinajstić information content (AvgIpc) is 2.65. The Morgan fingerprint density at radius 2 is 1.85 bits per heavy atom. The van der Waals surface area contributed by atoms with E-state index in [0.29, 0.717) is 6.54 Å². The molecule has 0 saturated carbocycles. The zero-order valence-corrected chi connectivity index (χ0v) is 19.1. The molecule has 1 fully saturated rings. The summed E-state index contributed by atoms with van der Waals surface area (Å²) < 4.78 is 1.98. The molecular weight excluding hydrogens is 492 g/mol. The first-order chi connectivity index (χ1) is 12.9. The zero-order chi connectivity index (χ0) is 19.4. The van der Waals surface area contributed by atoms with E-state index in [1.165, 1.54) is 0 Å². The number of hydrogen-bond donors (Lipinski definition) is 2. The second-order valence-electron chi connectivity index (χ2n) is 7.13. The third kappa shape index (κ3) is 4.94. The highest BCUT2D eigenvalue weighted by Crippen LogP contribution is 2.41. The molecule has 3 nitrogen and oxygen atoms in total. The van der Waals surface area contributed by atoms with Gasteiger partial charge in [0, 0.05) is 31.8 Å². The van der Waals surface area contributed by atoms with E-state index in [4.69, 9.17) is 11.6 Å². The molecule has 1 heterocycles. The molecule has 1 saturated heterocycles. The summed E-state index contributed by atoms with van der Waals surface area (Å²) in [7, 11) is 0. The van der Waals surface area contributed by atoms with Gasteiger partial charge in [0.05, 0.1) is 0 Å². The van der Waals surface area contributed by atoms with E-state index in [9.17, 15) is 4.79 Å². The van der Waals surface area contributed by atoms with Crippen LogP contribution in [0.15, 0.2) is 51.4 Å². The number of nitrogens with one attached hydrogen (secondary N) is 2. The zero-order valence-electron chi connectivity index (χ0n) is 15.2. The normalized spacial score (nSPS) is 17.3. The fourth-order valence-corrected chi connectivity index (χ4v) is 5.53. The first-order valence-corrected chi connectivity index (χ1v) is 11.1. The van der Waals surface area contributed by atoms with Crippen molar-refractivity contribution < 1.29 is 4.79 Å². The summed E-state index contributed by atoms with van der Waals surface area (Å²) in [6.07, 6.45) is 1.84.